The van der Waals surface area contributed by atoms with Crippen LogP contribution in [0.4, 0.5) is 0 Å². The first kappa shape index (κ1) is 11.3. The van der Waals surface area contributed by atoms with Gasteiger partial charge in [-0.3, -0.25) is 4.79 Å². The number of hydrogen-bond donors (Lipinski definition) is 4. The first-order valence-electron chi connectivity index (χ1n) is 3.37. The molecule has 0 heterocycles. The summed E-state index contributed by atoms with van der Waals surface area (Å²) in [6.07, 6.45) is 0. The Balaban J connectivity index is 4.01. The zero-order valence-corrected chi connectivity index (χ0v) is 6.78. The Morgan fingerprint density at radius 1 is 1.33 bits per heavy atom. The molecule has 0 aliphatic heterocycles. The average molecular weight is 179 g/mol. The van der Waals surface area contributed by atoms with Gasteiger partial charge in [0.2, 0.25) is 0 Å². The molecule has 0 spiro atoms. The van der Waals surface area contributed by atoms with Crippen LogP contribution in [0.25, 0.3) is 0 Å². The van der Waals surface area contributed by atoms with Crippen LogP contribution in [0.5, 0.6) is 0 Å². The minimum Gasteiger partial charge on any atom is -0.394 e. The second kappa shape index (κ2) is 5.04. The molecule has 0 aromatic carbocycles. The van der Waals surface area contributed by atoms with Crippen LogP contribution >= 0.6 is 0 Å². The minimum atomic E-state index is -1.37. The van der Waals surface area contributed by atoms with Crippen LogP contribution in [-0.4, -0.2) is 46.6 Å². The molecule has 72 valence electrons. The predicted molar refractivity (Wildman–Crippen MR) is 38.9 cm³/mol. The molecule has 0 radical (unpaired) electrons. The number of aliphatic hydroxyl groups excluding tert-OH is 3. The fourth-order valence-electron chi connectivity index (χ4n) is 0.427. The molecule has 0 atom stereocenters. The van der Waals surface area contributed by atoms with Crippen molar-refractivity contribution in [2.45, 2.75) is 12.5 Å². The standard InChI is InChI=1S/C6H13NO5/c1-5(11)12-7-6(2-8,3-9)4-10/h7-10H,2-4H2,1H3. The van der Waals surface area contributed by atoms with Gasteiger partial charge in [0.1, 0.15) is 5.54 Å². The highest BCUT2D eigenvalue weighted by Crippen LogP contribution is 2.00. The van der Waals surface area contributed by atoms with E-state index in [1.165, 1.54) is 0 Å². The third-order valence-electron chi connectivity index (χ3n) is 1.32. The van der Waals surface area contributed by atoms with Crippen molar-refractivity contribution in [3.05, 3.63) is 0 Å². The number of carbonyl (C=O) groups is 1. The van der Waals surface area contributed by atoms with Crippen LogP contribution in [-0.2, 0) is 9.63 Å². The van der Waals surface area contributed by atoms with Crippen molar-refractivity contribution in [1.29, 1.82) is 0 Å². The van der Waals surface area contributed by atoms with Gasteiger partial charge in [0.05, 0.1) is 19.8 Å². The van der Waals surface area contributed by atoms with Crippen LogP contribution in [0.2, 0.25) is 0 Å². The van der Waals surface area contributed by atoms with Gasteiger partial charge < -0.3 is 20.2 Å². The Kier molecular flexibility index (Phi) is 4.75. The molecule has 0 aromatic heterocycles. The monoisotopic (exact) mass is 179 g/mol. The summed E-state index contributed by atoms with van der Waals surface area (Å²) < 4.78 is 0. The topological polar surface area (TPSA) is 99.0 Å². The van der Waals surface area contributed by atoms with E-state index in [-0.39, 0.29) is 0 Å². The predicted octanol–water partition coefficient (Wildman–Crippen LogP) is -2.23. The second-order valence-electron chi connectivity index (χ2n) is 2.45. The van der Waals surface area contributed by atoms with Crippen molar-refractivity contribution in [3.8, 4) is 0 Å². The van der Waals surface area contributed by atoms with Crippen molar-refractivity contribution in [1.82, 2.24) is 5.48 Å². The van der Waals surface area contributed by atoms with Gasteiger partial charge >= 0.3 is 5.97 Å². The molecule has 6 heteroatoms. The van der Waals surface area contributed by atoms with E-state index >= 15 is 0 Å². The summed E-state index contributed by atoms with van der Waals surface area (Å²) in [6.45, 7) is -0.447. The molecule has 0 unspecified atom stereocenters. The highest BCUT2D eigenvalue weighted by molar-refractivity contribution is 5.65. The molecule has 0 saturated carbocycles. The zero-order chi connectivity index (χ0) is 9.61. The highest BCUT2D eigenvalue weighted by atomic mass is 16.7. The summed E-state index contributed by atoms with van der Waals surface area (Å²) in [6, 6.07) is 0. The van der Waals surface area contributed by atoms with Gasteiger partial charge in [-0.05, 0) is 0 Å². The molecular formula is C6H13NO5. The second-order valence-corrected chi connectivity index (χ2v) is 2.45. The molecule has 6 nitrogen and oxygen atoms in total. The van der Waals surface area contributed by atoms with Crippen molar-refractivity contribution >= 4 is 5.97 Å². The van der Waals surface area contributed by atoms with Crippen molar-refractivity contribution in [3.63, 3.8) is 0 Å². The van der Waals surface area contributed by atoms with Crippen LogP contribution in [0.1, 0.15) is 6.92 Å². The smallest absolute Gasteiger partial charge is 0.321 e. The molecule has 0 fully saturated rings. The highest BCUT2D eigenvalue weighted by Gasteiger charge is 2.29. The van der Waals surface area contributed by atoms with Gasteiger partial charge in [-0.15, -0.1) is 5.48 Å². The SMILES string of the molecule is CC(=O)ONC(CO)(CO)CO. The number of hydrogen-bond acceptors (Lipinski definition) is 6. The van der Waals surface area contributed by atoms with Gasteiger partial charge in [-0.1, -0.05) is 0 Å². The molecule has 0 saturated heterocycles. The molecule has 0 bridgehead atoms. The molecule has 0 aliphatic rings. The summed E-state index contributed by atoms with van der Waals surface area (Å²) in [5, 5.41) is 26.1. The molecule has 0 aromatic rings. The lowest BCUT2D eigenvalue weighted by Crippen LogP contribution is -2.55. The quantitative estimate of drug-likeness (QED) is 0.356. The molecule has 12 heavy (non-hydrogen) atoms. The first-order chi connectivity index (χ1) is 5.60. The summed E-state index contributed by atoms with van der Waals surface area (Å²) in [5.41, 5.74) is 0.713. The van der Waals surface area contributed by atoms with E-state index in [2.05, 4.69) is 10.3 Å². The zero-order valence-electron chi connectivity index (χ0n) is 6.78. The fraction of sp³-hybridized carbons (Fsp3) is 0.833. The van der Waals surface area contributed by atoms with E-state index < -0.39 is 31.3 Å². The lowest BCUT2D eigenvalue weighted by Gasteiger charge is -2.26. The average Bonchev–Trinajstić information content (AvgIpc) is 2.08. The summed E-state index contributed by atoms with van der Waals surface area (Å²) in [5.74, 6) is -0.616. The summed E-state index contributed by atoms with van der Waals surface area (Å²) in [7, 11) is 0. The van der Waals surface area contributed by atoms with E-state index in [9.17, 15) is 4.79 Å². The van der Waals surface area contributed by atoms with E-state index in [1.807, 2.05) is 0 Å². The van der Waals surface area contributed by atoms with Gasteiger partial charge in [0.15, 0.2) is 0 Å². The fourth-order valence-corrected chi connectivity index (χ4v) is 0.427. The van der Waals surface area contributed by atoms with Crippen LogP contribution in [0.15, 0.2) is 0 Å². The van der Waals surface area contributed by atoms with E-state index in [1.54, 1.807) is 0 Å². The van der Waals surface area contributed by atoms with Crippen molar-refractivity contribution in [2.24, 2.45) is 0 Å². The first-order valence-corrected chi connectivity index (χ1v) is 3.37. The van der Waals surface area contributed by atoms with Crippen LogP contribution in [0.3, 0.4) is 0 Å². The Bertz CT molecular complexity index is 137. The van der Waals surface area contributed by atoms with Gasteiger partial charge in [0.25, 0.3) is 0 Å². The molecular weight excluding hydrogens is 166 g/mol. The number of carbonyl (C=O) groups excluding carboxylic acids is 1. The molecule has 4 N–H and O–H groups in total. The van der Waals surface area contributed by atoms with Crippen molar-refractivity contribution < 1.29 is 25.0 Å². The Morgan fingerprint density at radius 3 is 2.00 bits per heavy atom. The Hall–Kier alpha value is -0.690. The summed E-state index contributed by atoms with van der Waals surface area (Å²) >= 11 is 0. The largest absolute Gasteiger partial charge is 0.394 e. The number of rotatable bonds is 5. The minimum absolute atomic E-state index is 0.534. The van der Waals surface area contributed by atoms with E-state index in [0.717, 1.165) is 6.92 Å². The van der Waals surface area contributed by atoms with Crippen molar-refractivity contribution in [2.75, 3.05) is 19.8 Å². The van der Waals surface area contributed by atoms with Crippen LogP contribution in [0, 0.1) is 0 Å². The maximum atomic E-state index is 10.3. The third kappa shape index (κ3) is 3.14. The Labute approximate surface area is 69.7 Å². The van der Waals surface area contributed by atoms with Gasteiger partial charge in [-0.25, -0.2) is 0 Å². The lowest BCUT2D eigenvalue weighted by molar-refractivity contribution is -0.158. The molecule has 0 rings (SSSR count). The molecule has 0 aliphatic carbocycles. The number of nitrogens with one attached hydrogen (secondary N) is 1. The van der Waals surface area contributed by atoms with E-state index in [4.69, 9.17) is 15.3 Å². The van der Waals surface area contributed by atoms with Crippen LogP contribution < -0.4 is 5.48 Å². The molecule has 0 amide bonds. The van der Waals surface area contributed by atoms with E-state index in [0.29, 0.717) is 0 Å². The number of hydroxylamine groups is 1. The Morgan fingerprint density at radius 2 is 1.75 bits per heavy atom. The lowest BCUT2D eigenvalue weighted by atomic mass is 10.1. The maximum Gasteiger partial charge on any atom is 0.321 e. The van der Waals surface area contributed by atoms with Gasteiger partial charge in [0, 0.05) is 6.92 Å². The summed E-state index contributed by atoms with van der Waals surface area (Å²) in [4.78, 5) is 14.6. The third-order valence-corrected chi connectivity index (χ3v) is 1.32. The van der Waals surface area contributed by atoms with Gasteiger partial charge in [-0.2, -0.15) is 0 Å². The maximum absolute atomic E-state index is 10.3. The normalized spacial score (nSPS) is 11.3. The number of aliphatic hydroxyl groups is 3.